The Balaban J connectivity index is 1.58. The summed E-state index contributed by atoms with van der Waals surface area (Å²) in [6.45, 7) is 1.78. The zero-order valence-electron chi connectivity index (χ0n) is 17.5. The van der Waals surface area contributed by atoms with Crippen LogP contribution in [0.25, 0.3) is 0 Å². The first-order valence-electron chi connectivity index (χ1n) is 9.62. The summed E-state index contributed by atoms with van der Waals surface area (Å²) in [7, 11) is 1.47. The lowest BCUT2D eigenvalue weighted by molar-refractivity contribution is -0.123. The fourth-order valence-electron chi connectivity index (χ4n) is 2.70. The molecule has 0 aliphatic heterocycles. The molecule has 0 saturated carbocycles. The summed E-state index contributed by atoms with van der Waals surface area (Å²) >= 11 is 3.33. The zero-order chi connectivity index (χ0) is 22.9. The van der Waals surface area contributed by atoms with E-state index in [1.54, 1.807) is 42.5 Å². The molecule has 0 aliphatic rings. The fourth-order valence-corrected chi connectivity index (χ4v) is 3.14. The first-order valence-corrected chi connectivity index (χ1v) is 10.4. The Morgan fingerprint density at radius 2 is 1.84 bits per heavy atom. The molecule has 0 heterocycles. The van der Waals surface area contributed by atoms with E-state index in [9.17, 15) is 9.59 Å². The Morgan fingerprint density at radius 3 is 2.59 bits per heavy atom. The van der Waals surface area contributed by atoms with Crippen molar-refractivity contribution < 1.29 is 23.8 Å². The maximum absolute atomic E-state index is 12.4. The van der Waals surface area contributed by atoms with Crippen LogP contribution in [0.15, 0.2) is 76.3 Å². The molecule has 0 fully saturated rings. The van der Waals surface area contributed by atoms with E-state index < -0.39 is 11.9 Å². The van der Waals surface area contributed by atoms with Crippen LogP contribution in [0.4, 0.5) is 0 Å². The van der Waals surface area contributed by atoms with E-state index in [0.29, 0.717) is 27.1 Å². The van der Waals surface area contributed by atoms with Gasteiger partial charge in [-0.15, -0.1) is 0 Å². The Bertz CT molecular complexity index is 1150. The van der Waals surface area contributed by atoms with Crippen LogP contribution in [0.1, 0.15) is 21.5 Å². The molecule has 0 atom stereocenters. The number of rotatable bonds is 8. The second-order valence-electron chi connectivity index (χ2n) is 6.68. The van der Waals surface area contributed by atoms with Crippen molar-refractivity contribution in [3.05, 3.63) is 87.9 Å². The molecule has 0 aromatic heterocycles. The van der Waals surface area contributed by atoms with Crippen LogP contribution >= 0.6 is 15.9 Å². The molecular weight excluding hydrogens is 476 g/mol. The van der Waals surface area contributed by atoms with Gasteiger partial charge in [0.25, 0.3) is 5.91 Å². The van der Waals surface area contributed by atoms with E-state index in [2.05, 4.69) is 26.5 Å². The maximum atomic E-state index is 12.4. The Kier molecular flexibility index (Phi) is 7.99. The zero-order valence-corrected chi connectivity index (χ0v) is 19.1. The van der Waals surface area contributed by atoms with Crippen LogP contribution in [-0.4, -0.2) is 31.8 Å². The number of methoxy groups -OCH3 is 1. The number of amides is 1. The van der Waals surface area contributed by atoms with Crippen LogP contribution < -0.4 is 19.6 Å². The van der Waals surface area contributed by atoms with Crippen LogP contribution in [0.3, 0.4) is 0 Å². The highest BCUT2D eigenvalue weighted by Crippen LogP contribution is 2.29. The standard InChI is InChI=1S/C24H21BrN2O5/c1-16-6-5-7-18(12-16)31-15-23(28)27-26-14-17-10-11-21(22(13-17)30-2)32-24(29)19-8-3-4-9-20(19)25/h3-14H,15H2,1-2H3,(H,27,28)/b26-14+. The van der Waals surface area contributed by atoms with Crippen LogP contribution in [0, 0.1) is 6.92 Å². The topological polar surface area (TPSA) is 86.2 Å². The highest BCUT2D eigenvalue weighted by atomic mass is 79.9. The van der Waals surface area contributed by atoms with E-state index in [4.69, 9.17) is 14.2 Å². The molecule has 3 aromatic carbocycles. The van der Waals surface area contributed by atoms with Gasteiger partial charge in [-0.25, -0.2) is 10.2 Å². The quantitative estimate of drug-likeness (QED) is 0.214. The van der Waals surface area contributed by atoms with Crippen LogP contribution in [0.2, 0.25) is 0 Å². The smallest absolute Gasteiger partial charge is 0.344 e. The summed E-state index contributed by atoms with van der Waals surface area (Å²) in [5, 5.41) is 3.92. The van der Waals surface area contributed by atoms with Crippen LogP contribution in [0.5, 0.6) is 17.2 Å². The normalized spacial score (nSPS) is 10.6. The summed E-state index contributed by atoms with van der Waals surface area (Å²) in [6, 6.07) is 19.3. The number of hydrogen-bond acceptors (Lipinski definition) is 6. The average Bonchev–Trinajstić information content (AvgIpc) is 2.79. The number of benzene rings is 3. The first kappa shape index (κ1) is 23.0. The molecule has 1 amide bonds. The molecule has 1 N–H and O–H groups in total. The van der Waals surface area contributed by atoms with Gasteiger partial charge in [0.2, 0.25) is 0 Å². The largest absolute Gasteiger partial charge is 0.493 e. The summed E-state index contributed by atoms with van der Waals surface area (Å²) in [5.74, 6) is 0.317. The summed E-state index contributed by atoms with van der Waals surface area (Å²) in [4.78, 5) is 24.3. The van der Waals surface area contributed by atoms with Crippen molar-refractivity contribution in [3.63, 3.8) is 0 Å². The summed E-state index contributed by atoms with van der Waals surface area (Å²) in [5.41, 5.74) is 4.48. The molecule has 3 rings (SSSR count). The van der Waals surface area contributed by atoms with Gasteiger partial charge in [-0.2, -0.15) is 5.10 Å². The van der Waals surface area contributed by atoms with E-state index >= 15 is 0 Å². The van der Waals surface area contributed by atoms with E-state index in [0.717, 1.165) is 5.56 Å². The lowest BCUT2D eigenvalue weighted by atomic mass is 10.2. The molecule has 0 spiro atoms. The van der Waals surface area contributed by atoms with E-state index in [1.165, 1.54) is 13.3 Å². The molecule has 3 aromatic rings. The third-order valence-electron chi connectivity index (χ3n) is 4.25. The predicted molar refractivity (Wildman–Crippen MR) is 125 cm³/mol. The highest BCUT2D eigenvalue weighted by Gasteiger charge is 2.15. The number of nitrogens with one attached hydrogen (secondary N) is 1. The van der Waals surface area contributed by atoms with Gasteiger partial charge in [0.1, 0.15) is 5.75 Å². The summed E-state index contributed by atoms with van der Waals surface area (Å²) < 4.78 is 16.8. The van der Waals surface area contributed by atoms with Gasteiger partial charge in [0, 0.05) is 4.47 Å². The minimum absolute atomic E-state index is 0.159. The third kappa shape index (κ3) is 6.42. The average molecular weight is 497 g/mol. The van der Waals surface area contributed by atoms with Crippen molar-refractivity contribution in [2.24, 2.45) is 5.10 Å². The number of halogens is 1. The van der Waals surface area contributed by atoms with E-state index in [1.807, 2.05) is 31.2 Å². The van der Waals surface area contributed by atoms with Gasteiger partial charge < -0.3 is 14.2 Å². The van der Waals surface area contributed by atoms with Crippen molar-refractivity contribution in [2.45, 2.75) is 6.92 Å². The number of aryl methyl sites for hydroxylation is 1. The number of hydrazone groups is 1. The second kappa shape index (κ2) is 11.1. The Labute approximate surface area is 194 Å². The lowest BCUT2D eigenvalue weighted by Gasteiger charge is -2.10. The van der Waals surface area contributed by atoms with Gasteiger partial charge in [0.15, 0.2) is 18.1 Å². The number of esters is 1. The molecule has 0 bridgehead atoms. The molecule has 0 unspecified atom stereocenters. The van der Waals surface area contributed by atoms with Crippen molar-refractivity contribution >= 4 is 34.0 Å². The lowest BCUT2D eigenvalue weighted by Crippen LogP contribution is -2.24. The number of hydrogen-bond donors (Lipinski definition) is 1. The minimum atomic E-state index is -0.516. The number of nitrogens with zero attached hydrogens (tertiary/aromatic N) is 1. The summed E-state index contributed by atoms with van der Waals surface area (Å²) in [6.07, 6.45) is 1.45. The molecule has 164 valence electrons. The Hall–Kier alpha value is -3.65. The first-order chi connectivity index (χ1) is 15.5. The highest BCUT2D eigenvalue weighted by molar-refractivity contribution is 9.10. The van der Waals surface area contributed by atoms with Gasteiger partial charge >= 0.3 is 5.97 Å². The van der Waals surface area contributed by atoms with Gasteiger partial charge in [0.05, 0.1) is 18.9 Å². The van der Waals surface area contributed by atoms with E-state index in [-0.39, 0.29) is 12.4 Å². The monoisotopic (exact) mass is 496 g/mol. The maximum Gasteiger partial charge on any atom is 0.344 e. The molecule has 0 saturated heterocycles. The Morgan fingerprint density at radius 1 is 1.03 bits per heavy atom. The van der Waals surface area contributed by atoms with Crippen molar-refractivity contribution in [1.82, 2.24) is 5.43 Å². The second-order valence-corrected chi connectivity index (χ2v) is 7.53. The predicted octanol–water partition coefficient (Wildman–Crippen LogP) is 4.51. The SMILES string of the molecule is COc1cc(/C=N/NC(=O)COc2cccc(C)c2)ccc1OC(=O)c1ccccc1Br. The molecular formula is C24H21BrN2O5. The molecule has 7 nitrogen and oxygen atoms in total. The minimum Gasteiger partial charge on any atom is -0.493 e. The molecule has 32 heavy (non-hydrogen) atoms. The molecule has 8 heteroatoms. The van der Waals surface area contributed by atoms with Crippen molar-refractivity contribution in [3.8, 4) is 17.2 Å². The molecule has 0 radical (unpaired) electrons. The number of carbonyl (C=O) groups excluding carboxylic acids is 2. The van der Waals surface area contributed by atoms with Gasteiger partial charge in [-0.05, 0) is 76.4 Å². The molecule has 0 aliphatic carbocycles. The van der Waals surface area contributed by atoms with Gasteiger partial charge in [-0.1, -0.05) is 24.3 Å². The fraction of sp³-hybridized carbons (Fsp3) is 0.125. The number of ether oxygens (including phenoxy) is 3. The number of carbonyl (C=O) groups is 2. The van der Waals surface area contributed by atoms with Gasteiger partial charge in [-0.3, -0.25) is 4.79 Å². The van der Waals surface area contributed by atoms with Crippen molar-refractivity contribution in [2.75, 3.05) is 13.7 Å². The van der Waals surface area contributed by atoms with Crippen LogP contribution in [-0.2, 0) is 4.79 Å². The van der Waals surface area contributed by atoms with Crippen molar-refractivity contribution in [1.29, 1.82) is 0 Å². The third-order valence-corrected chi connectivity index (χ3v) is 4.94.